The summed E-state index contributed by atoms with van der Waals surface area (Å²) in [4.78, 5) is 20.7. The van der Waals surface area contributed by atoms with Gasteiger partial charge in [0.25, 0.3) is 5.24 Å². The molecule has 0 amide bonds. The molecular weight excluding hydrogens is 192 g/mol. The minimum Gasteiger partial charge on any atom is -0.484 e. The summed E-state index contributed by atoms with van der Waals surface area (Å²) in [6.45, 7) is -0.191. The van der Waals surface area contributed by atoms with Gasteiger partial charge >= 0.3 is 0 Å². The van der Waals surface area contributed by atoms with Gasteiger partial charge in [-0.15, -0.1) is 0 Å². The molecule has 0 atom stereocenters. The van der Waals surface area contributed by atoms with E-state index in [1.807, 2.05) is 0 Å². The largest absolute Gasteiger partial charge is 0.484 e. The Labute approximate surface area is 80.3 Å². The van der Waals surface area contributed by atoms with E-state index < -0.39 is 5.24 Å². The zero-order valence-corrected chi connectivity index (χ0v) is 7.45. The van der Waals surface area contributed by atoms with Crippen LogP contribution in [0.3, 0.4) is 0 Å². The summed E-state index contributed by atoms with van der Waals surface area (Å²) in [7, 11) is 0. The Morgan fingerprint density at radius 3 is 2.92 bits per heavy atom. The first-order chi connectivity index (χ1) is 6.22. The Morgan fingerprint density at radius 1 is 1.54 bits per heavy atom. The number of ether oxygens (including phenoxy) is 1. The molecule has 0 aromatic heterocycles. The first-order valence-electron chi connectivity index (χ1n) is 3.59. The molecule has 3 nitrogen and oxygen atoms in total. The van der Waals surface area contributed by atoms with Crippen molar-refractivity contribution in [3.8, 4) is 5.75 Å². The molecule has 0 saturated carbocycles. The quantitative estimate of drug-likeness (QED) is 0.546. The van der Waals surface area contributed by atoms with Gasteiger partial charge in [-0.1, -0.05) is 12.1 Å². The van der Waals surface area contributed by atoms with Gasteiger partial charge in [0.15, 0.2) is 6.61 Å². The van der Waals surface area contributed by atoms with Gasteiger partial charge in [-0.05, 0) is 23.7 Å². The lowest BCUT2D eigenvalue weighted by molar-refractivity contribution is -0.113. The van der Waals surface area contributed by atoms with Gasteiger partial charge in [0.05, 0.1) is 0 Å². The number of rotatable bonds is 4. The first-order valence-corrected chi connectivity index (χ1v) is 3.96. The highest BCUT2D eigenvalue weighted by atomic mass is 35.5. The second-order valence-electron chi connectivity index (χ2n) is 2.33. The number of hydrogen-bond donors (Lipinski definition) is 0. The Balaban J connectivity index is 2.66. The maximum absolute atomic E-state index is 10.3. The molecule has 0 unspecified atom stereocenters. The van der Waals surface area contributed by atoms with Gasteiger partial charge < -0.3 is 4.74 Å². The highest BCUT2D eigenvalue weighted by Crippen LogP contribution is 2.11. The summed E-state index contributed by atoms with van der Waals surface area (Å²) < 4.78 is 4.97. The number of halogens is 1. The Hall–Kier alpha value is -1.35. The standard InChI is InChI=1S/C9H7ClO3/c10-9(12)6-13-8-3-1-2-7(4-8)5-11/h1-5H,6H2. The number of aldehydes is 1. The lowest BCUT2D eigenvalue weighted by atomic mass is 10.2. The van der Waals surface area contributed by atoms with Crippen molar-refractivity contribution in [2.75, 3.05) is 6.61 Å². The van der Waals surface area contributed by atoms with Crippen molar-refractivity contribution in [2.45, 2.75) is 0 Å². The van der Waals surface area contributed by atoms with Gasteiger partial charge in [0.2, 0.25) is 0 Å². The summed E-state index contributed by atoms with van der Waals surface area (Å²) >= 11 is 5.07. The van der Waals surface area contributed by atoms with Crippen LogP contribution >= 0.6 is 11.6 Å². The van der Waals surface area contributed by atoms with Gasteiger partial charge in [0, 0.05) is 5.56 Å². The van der Waals surface area contributed by atoms with Crippen LogP contribution in [0.25, 0.3) is 0 Å². The monoisotopic (exact) mass is 198 g/mol. The fourth-order valence-electron chi connectivity index (χ4n) is 0.818. The van der Waals surface area contributed by atoms with Crippen molar-refractivity contribution in [1.29, 1.82) is 0 Å². The molecule has 0 heterocycles. The van der Waals surface area contributed by atoms with E-state index in [9.17, 15) is 9.59 Å². The van der Waals surface area contributed by atoms with Crippen molar-refractivity contribution in [3.05, 3.63) is 29.8 Å². The van der Waals surface area contributed by atoms with Crippen molar-refractivity contribution < 1.29 is 14.3 Å². The average Bonchev–Trinajstić information content (AvgIpc) is 2.15. The molecule has 0 aliphatic rings. The molecule has 1 aromatic rings. The molecule has 0 bridgehead atoms. The molecular formula is C9H7ClO3. The minimum atomic E-state index is -0.573. The van der Waals surface area contributed by atoms with E-state index in [1.54, 1.807) is 18.2 Å². The van der Waals surface area contributed by atoms with Gasteiger partial charge in [-0.2, -0.15) is 0 Å². The molecule has 1 rings (SSSR count). The normalized spacial score (nSPS) is 9.31. The van der Waals surface area contributed by atoms with E-state index in [2.05, 4.69) is 0 Å². The molecule has 68 valence electrons. The second kappa shape index (κ2) is 4.62. The molecule has 0 aliphatic heterocycles. The van der Waals surface area contributed by atoms with Crippen LogP contribution < -0.4 is 4.74 Å². The van der Waals surface area contributed by atoms with E-state index in [0.717, 1.165) is 0 Å². The van der Waals surface area contributed by atoms with E-state index in [-0.39, 0.29) is 6.61 Å². The SMILES string of the molecule is O=Cc1cccc(OCC(=O)Cl)c1. The Bertz CT molecular complexity index is 322. The zero-order chi connectivity index (χ0) is 9.68. The van der Waals surface area contributed by atoms with Crippen LogP contribution in [0.4, 0.5) is 0 Å². The third-order valence-corrected chi connectivity index (χ3v) is 1.46. The van der Waals surface area contributed by atoms with Crippen LogP contribution in [0.15, 0.2) is 24.3 Å². The van der Waals surface area contributed by atoms with Crippen molar-refractivity contribution in [1.82, 2.24) is 0 Å². The van der Waals surface area contributed by atoms with Crippen molar-refractivity contribution >= 4 is 23.1 Å². The number of hydrogen-bond acceptors (Lipinski definition) is 3. The Morgan fingerprint density at radius 2 is 2.31 bits per heavy atom. The molecule has 1 aromatic carbocycles. The van der Waals surface area contributed by atoms with Gasteiger partial charge in [0.1, 0.15) is 12.0 Å². The van der Waals surface area contributed by atoms with Crippen LogP contribution in [0.5, 0.6) is 5.75 Å². The van der Waals surface area contributed by atoms with E-state index in [0.29, 0.717) is 17.6 Å². The number of carbonyl (C=O) groups excluding carboxylic acids is 2. The molecule has 0 radical (unpaired) electrons. The molecule has 0 saturated heterocycles. The first kappa shape index (κ1) is 9.74. The van der Waals surface area contributed by atoms with Crippen LogP contribution in [-0.4, -0.2) is 18.1 Å². The summed E-state index contributed by atoms with van der Waals surface area (Å²) in [5.41, 5.74) is 0.500. The number of benzene rings is 1. The second-order valence-corrected chi connectivity index (χ2v) is 2.76. The summed E-state index contributed by atoms with van der Waals surface area (Å²) in [5, 5.41) is -0.573. The third-order valence-electron chi connectivity index (χ3n) is 1.35. The van der Waals surface area contributed by atoms with E-state index in [4.69, 9.17) is 16.3 Å². The highest BCUT2D eigenvalue weighted by molar-refractivity contribution is 6.63. The lowest BCUT2D eigenvalue weighted by Crippen LogP contribution is -2.04. The Kier molecular flexibility index (Phi) is 3.46. The van der Waals surface area contributed by atoms with Crippen LogP contribution in [-0.2, 0) is 4.79 Å². The maximum Gasteiger partial charge on any atom is 0.259 e. The van der Waals surface area contributed by atoms with Crippen molar-refractivity contribution in [3.63, 3.8) is 0 Å². The molecule has 13 heavy (non-hydrogen) atoms. The summed E-state index contributed by atoms with van der Waals surface area (Å²) in [6.07, 6.45) is 0.704. The van der Waals surface area contributed by atoms with E-state index >= 15 is 0 Å². The number of carbonyl (C=O) groups is 2. The fourth-order valence-corrected chi connectivity index (χ4v) is 0.872. The predicted octanol–water partition coefficient (Wildman–Crippen LogP) is 1.64. The molecule has 0 fully saturated rings. The smallest absolute Gasteiger partial charge is 0.259 e. The minimum absolute atomic E-state index is 0.191. The van der Waals surface area contributed by atoms with Crippen molar-refractivity contribution in [2.24, 2.45) is 0 Å². The van der Waals surface area contributed by atoms with Crippen LogP contribution in [0.1, 0.15) is 10.4 Å². The zero-order valence-electron chi connectivity index (χ0n) is 6.70. The van der Waals surface area contributed by atoms with Gasteiger partial charge in [-0.3, -0.25) is 9.59 Å². The summed E-state index contributed by atoms with van der Waals surface area (Å²) in [5.74, 6) is 0.457. The van der Waals surface area contributed by atoms with Gasteiger partial charge in [-0.25, -0.2) is 0 Å². The third kappa shape index (κ3) is 3.25. The highest BCUT2D eigenvalue weighted by Gasteiger charge is 1.98. The van der Waals surface area contributed by atoms with Crippen LogP contribution in [0, 0.1) is 0 Å². The molecule has 4 heteroatoms. The lowest BCUT2D eigenvalue weighted by Gasteiger charge is -2.02. The summed E-state index contributed by atoms with van der Waals surface area (Å²) in [6, 6.07) is 6.49. The topological polar surface area (TPSA) is 43.4 Å². The predicted molar refractivity (Wildman–Crippen MR) is 48.2 cm³/mol. The fraction of sp³-hybridized carbons (Fsp3) is 0.111. The average molecular weight is 199 g/mol. The molecule has 0 spiro atoms. The maximum atomic E-state index is 10.3. The van der Waals surface area contributed by atoms with E-state index in [1.165, 1.54) is 6.07 Å². The molecule has 0 aliphatic carbocycles. The van der Waals surface area contributed by atoms with Crippen LogP contribution in [0.2, 0.25) is 0 Å². The molecule has 0 N–H and O–H groups in total.